The second kappa shape index (κ2) is 11.3. The van der Waals surface area contributed by atoms with Crippen LogP contribution < -0.4 is 10.6 Å². The summed E-state index contributed by atoms with van der Waals surface area (Å²) in [5, 5.41) is 6.62. The van der Waals surface area contributed by atoms with Gasteiger partial charge in [-0.05, 0) is 30.9 Å². The van der Waals surface area contributed by atoms with Crippen molar-refractivity contribution in [3.63, 3.8) is 0 Å². The highest BCUT2D eigenvalue weighted by molar-refractivity contribution is 7.98. The van der Waals surface area contributed by atoms with Crippen molar-refractivity contribution < 1.29 is 9.13 Å². The van der Waals surface area contributed by atoms with Gasteiger partial charge in [-0.1, -0.05) is 12.1 Å². The molecule has 0 spiro atoms. The second-order valence-electron chi connectivity index (χ2n) is 5.86. The number of nitrogens with one attached hydrogen (secondary N) is 2. The molecule has 2 N–H and O–H groups in total. The predicted octanol–water partition coefficient (Wildman–Crippen LogP) is 2.12. The molecule has 1 aliphatic heterocycles. The number of guanidine groups is 1. The first-order valence-electron chi connectivity index (χ1n) is 8.83. The summed E-state index contributed by atoms with van der Waals surface area (Å²) in [6, 6.07) is 6.90. The van der Waals surface area contributed by atoms with Gasteiger partial charge in [-0.2, -0.15) is 11.8 Å². The Hall–Kier alpha value is -1.31. The van der Waals surface area contributed by atoms with Gasteiger partial charge in [-0.3, -0.25) is 9.89 Å². The number of ether oxygens (including phenoxy) is 1. The normalized spacial score (nSPS) is 17.3. The molecular formula is C18H29FN4OS. The van der Waals surface area contributed by atoms with E-state index in [0.29, 0.717) is 19.8 Å². The van der Waals surface area contributed by atoms with E-state index in [1.165, 1.54) is 6.07 Å². The molecule has 1 atom stereocenters. The minimum absolute atomic E-state index is 0.0515. The molecule has 5 nitrogen and oxygen atoms in total. The summed E-state index contributed by atoms with van der Waals surface area (Å²) in [6.07, 6.45) is 2.09. The van der Waals surface area contributed by atoms with Crippen LogP contribution in [-0.4, -0.2) is 68.8 Å². The molecule has 0 aliphatic carbocycles. The van der Waals surface area contributed by atoms with E-state index >= 15 is 0 Å². The first kappa shape index (κ1) is 20.0. The van der Waals surface area contributed by atoms with Crippen molar-refractivity contribution in [1.82, 2.24) is 15.5 Å². The van der Waals surface area contributed by atoms with Gasteiger partial charge in [0.05, 0.1) is 25.8 Å². The Morgan fingerprint density at radius 1 is 1.36 bits per heavy atom. The van der Waals surface area contributed by atoms with E-state index in [1.54, 1.807) is 23.9 Å². The molecule has 0 bridgehead atoms. The summed E-state index contributed by atoms with van der Waals surface area (Å²) >= 11 is 1.80. The lowest BCUT2D eigenvalue weighted by atomic mass is 10.0. The highest BCUT2D eigenvalue weighted by Gasteiger charge is 2.23. The van der Waals surface area contributed by atoms with Gasteiger partial charge in [0.25, 0.3) is 0 Å². The molecule has 1 aliphatic rings. The minimum Gasteiger partial charge on any atom is -0.379 e. The molecule has 7 heteroatoms. The van der Waals surface area contributed by atoms with Crippen LogP contribution in [0, 0.1) is 5.82 Å². The van der Waals surface area contributed by atoms with Crippen LogP contribution in [0.3, 0.4) is 0 Å². The van der Waals surface area contributed by atoms with E-state index in [0.717, 1.165) is 43.5 Å². The molecule has 1 aromatic rings. The van der Waals surface area contributed by atoms with Gasteiger partial charge in [0.2, 0.25) is 0 Å². The summed E-state index contributed by atoms with van der Waals surface area (Å²) in [5.74, 6) is 1.64. The van der Waals surface area contributed by atoms with Crippen molar-refractivity contribution in [1.29, 1.82) is 0 Å². The van der Waals surface area contributed by atoms with Crippen LogP contribution in [0.1, 0.15) is 18.5 Å². The molecule has 25 heavy (non-hydrogen) atoms. The van der Waals surface area contributed by atoms with Crippen molar-refractivity contribution in [3.05, 3.63) is 35.6 Å². The number of thioether (sulfide) groups is 1. The van der Waals surface area contributed by atoms with E-state index in [2.05, 4.69) is 28.7 Å². The van der Waals surface area contributed by atoms with Crippen LogP contribution in [0.5, 0.6) is 0 Å². The monoisotopic (exact) mass is 368 g/mol. The summed E-state index contributed by atoms with van der Waals surface area (Å²) in [6.45, 7) is 7.42. The van der Waals surface area contributed by atoms with Gasteiger partial charge < -0.3 is 15.4 Å². The molecule has 0 saturated carbocycles. The maximum Gasteiger partial charge on any atom is 0.191 e. The second-order valence-corrected chi connectivity index (χ2v) is 6.84. The van der Waals surface area contributed by atoms with Crippen LogP contribution in [0.4, 0.5) is 4.39 Å². The Labute approximate surface area is 154 Å². The molecule has 0 aromatic heterocycles. The fourth-order valence-electron chi connectivity index (χ4n) is 2.83. The number of hydrogen-bond acceptors (Lipinski definition) is 4. The Kier molecular flexibility index (Phi) is 9.07. The van der Waals surface area contributed by atoms with Gasteiger partial charge in [-0.15, -0.1) is 0 Å². The average molecular weight is 369 g/mol. The van der Waals surface area contributed by atoms with Crippen molar-refractivity contribution >= 4 is 17.7 Å². The van der Waals surface area contributed by atoms with E-state index in [4.69, 9.17) is 9.73 Å². The predicted molar refractivity (Wildman–Crippen MR) is 104 cm³/mol. The molecule has 1 heterocycles. The zero-order valence-corrected chi connectivity index (χ0v) is 15.9. The Balaban J connectivity index is 2.11. The van der Waals surface area contributed by atoms with Crippen molar-refractivity contribution in [2.24, 2.45) is 4.99 Å². The highest BCUT2D eigenvalue weighted by atomic mass is 32.2. The topological polar surface area (TPSA) is 48.9 Å². The Bertz CT molecular complexity index is 538. The molecule has 0 amide bonds. The van der Waals surface area contributed by atoms with Crippen molar-refractivity contribution in [2.75, 3.05) is 57.9 Å². The number of aliphatic imine (C=N–C) groups is 1. The van der Waals surface area contributed by atoms with Crippen LogP contribution in [-0.2, 0) is 4.74 Å². The quantitative estimate of drug-likeness (QED) is 0.418. The lowest BCUT2D eigenvalue weighted by Crippen LogP contribution is -2.42. The maximum atomic E-state index is 13.7. The lowest BCUT2D eigenvalue weighted by molar-refractivity contribution is 0.0179. The molecule has 0 radical (unpaired) electrons. The molecule has 140 valence electrons. The third-order valence-corrected chi connectivity index (χ3v) is 4.70. The third kappa shape index (κ3) is 6.84. The summed E-state index contributed by atoms with van der Waals surface area (Å²) in [4.78, 5) is 7.07. The fourth-order valence-corrected chi connectivity index (χ4v) is 3.13. The van der Waals surface area contributed by atoms with Crippen molar-refractivity contribution in [2.45, 2.75) is 13.0 Å². The standard InChI is InChI=1S/C18H29FN4OS/c1-3-20-18(21-7-12-25-2)22-14-17(23-8-10-24-11-9-23)15-5-4-6-16(19)13-15/h4-6,13,17H,3,7-12,14H2,1-2H3,(H2,20,21,22). The van der Waals surface area contributed by atoms with E-state index in [9.17, 15) is 4.39 Å². The molecule has 1 aromatic carbocycles. The van der Waals surface area contributed by atoms with E-state index in [1.807, 2.05) is 6.07 Å². The SMILES string of the molecule is CCNC(=NCC(c1cccc(F)c1)N1CCOCC1)NCCSC. The average Bonchev–Trinajstić information content (AvgIpc) is 2.63. The van der Waals surface area contributed by atoms with Crippen LogP contribution >= 0.6 is 11.8 Å². The molecule has 1 saturated heterocycles. The number of morpholine rings is 1. The molecule has 1 unspecified atom stereocenters. The largest absolute Gasteiger partial charge is 0.379 e. The lowest BCUT2D eigenvalue weighted by Gasteiger charge is -2.34. The number of benzene rings is 1. The van der Waals surface area contributed by atoms with Gasteiger partial charge >= 0.3 is 0 Å². The smallest absolute Gasteiger partial charge is 0.191 e. The summed E-state index contributed by atoms with van der Waals surface area (Å²) in [7, 11) is 0. The highest BCUT2D eigenvalue weighted by Crippen LogP contribution is 2.23. The fraction of sp³-hybridized carbons (Fsp3) is 0.611. The van der Waals surface area contributed by atoms with Crippen LogP contribution in [0.2, 0.25) is 0 Å². The van der Waals surface area contributed by atoms with Gasteiger partial charge in [0, 0.05) is 31.9 Å². The zero-order chi connectivity index (χ0) is 17.9. The maximum absolute atomic E-state index is 13.7. The first-order valence-corrected chi connectivity index (χ1v) is 10.2. The number of rotatable bonds is 8. The van der Waals surface area contributed by atoms with Gasteiger partial charge in [0.15, 0.2) is 5.96 Å². The first-order chi connectivity index (χ1) is 12.2. The zero-order valence-electron chi connectivity index (χ0n) is 15.1. The van der Waals surface area contributed by atoms with Crippen LogP contribution in [0.15, 0.2) is 29.3 Å². The summed E-state index contributed by atoms with van der Waals surface area (Å²) < 4.78 is 19.2. The van der Waals surface area contributed by atoms with Crippen LogP contribution in [0.25, 0.3) is 0 Å². The van der Waals surface area contributed by atoms with Gasteiger partial charge in [-0.25, -0.2) is 4.39 Å². The Morgan fingerprint density at radius 2 is 2.16 bits per heavy atom. The molecular weight excluding hydrogens is 339 g/mol. The number of nitrogens with zero attached hydrogens (tertiary/aromatic N) is 2. The Morgan fingerprint density at radius 3 is 2.84 bits per heavy atom. The van der Waals surface area contributed by atoms with Crippen molar-refractivity contribution in [3.8, 4) is 0 Å². The third-order valence-electron chi connectivity index (χ3n) is 4.09. The van der Waals surface area contributed by atoms with E-state index < -0.39 is 0 Å². The van der Waals surface area contributed by atoms with E-state index in [-0.39, 0.29) is 11.9 Å². The number of hydrogen-bond donors (Lipinski definition) is 2. The minimum atomic E-state index is -0.204. The number of halogens is 1. The molecule has 2 rings (SSSR count). The summed E-state index contributed by atoms with van der Waals surface area (Å²) in [5.41, 5.74) is 0.964. The van der Waals surface area contributed by atoms with Gasteiger partial charge in [0.1, 0.15) is 5.82 Å². The molecule has 1 fully saturated rings.